The van der Waals surface area contributed by atoms with Crippen molar-refractivity contribution in [3.8, 4) is 0 Å². The molecule has 126 valence electrons. The van der Waals surface area contributed by atoms with Crippen molar-refractivity contribution >= 4 is 0 Å². The quantitative estimate of drug-likeness (QED) is 0.591. The van der Waals surface area contributed by atoms with Crippen molar-refractivity contribution in [1.29, 1.82) is 0 Å². The van der Waals surface area contributed by atoms with Gasteiger partial charge in [-0.05, 0) is 51.2 Å². The van der Waals surface area contributed by atoms with Crippen LogP contribution in [0.3, 0.4) is 0 Å². The van der Waals surface area contributed by atoms with E-state index in [0.717, 1.165) is 5.92 Å². The highest BCUT2D eigenvalue weighted by molar-refractivity contribution is 4.89. The number of hydrogen-bond acceptors (Lipinski definition) is 3. The maximum Gasteiger partial charge on any atom is 0.0109 e. The van der Waals surface area contributed by atoms with Gasteiger partial charge >= 0.3 is 0 Å². The van der Waals surface area contributed by atoms with E-state index in [2.05, 4.69) is 50.0 Å². The fraction of sp³-hybridized carbons (Fsp3) is 1.00. The number of hydrogen-bond donors (Lipinski definition) is 1. The molecule has 0 atom stereocenters. The van der Waals surface area contributed by atoms with Gasteiger partial charge in [0.05, 0.1) is 0 Å². The van der Waals surface area contributed by atoms with Gasteiger partial charge in [-0.1, -0.05) is 33.6 Å². The summed E-state index contributed by atoms with van der Waals surface area (Å²) in [4.78, 5) is 5.04. The maximum atomic E-state index is 3.70. The Morgan fingerprint density at radius 2 is 1.76 bits per heavy atom. The van der Waals surface area contributed by atoms with E-state index in [4.69, 9.17) is 0 Å². The molecule has 1 aliphatic rings. The standard InChI is InChI=1S/C18H39N3/c1-6-11-19-15-18(9-7-8-10-18)16-21(14-17(2)3)13-12-20(4)5/h17,19H,6-16H2,1-5H3. The Morgan fingerprint density at radius 1 is 1.10 bits per heavy atom. The lowest BCUT2D eigenvalue weighted by Crippen LogP contribution is -2.45. The minimum absolute atomic E-state index is 0.538. The number of nitrogens with one attached hydrogen (secondary N) is 1. The minimum atomic E-state index is 0.538. The highest BCUT2D eigenvalue weighted by Gasteiger charge is 2.35. The average Bonchev–Trinajstić information content (AvgIpc) is 2.84. The van der Waals surface area contributed by atoms with E-state index >= 15 is 0 Å². The Kier molecular flexibility index (Phi) is 8.84. The maximum absolute atomic E-state index is 3.70. The van der Waals surface area contributed by atoms with Crippen LogP contribution in [0.5, 0.6) is 0 Å². The summed E-state index contributed by atoms with van der Waals surface area (Å²) in [6, 6.07) is 0. The predicted molar refractivity (Wildman–Crippen MR) is 93.9 cm³/mol. The molecule has 1 N–H and O–H groups in total. The molecule has 0 saturated heterocycles. The smallest absolute Gasteiger partial charge is 0.0109 e. The zero-order valence-corrected chi connectivity index (χ0v) is 15.2. The molecule has 0 amide bonds. The van der Waals surface area contributed by atoms with Gasteiger partial charge in [0.2, 0.25) is 0 Å². The summed E-state index contributed by atoms with van der Waals surface area (Å²) in [5, 5.41) is 3.70. The molecule has 0 heterocycles. The Morgan fingerprint density at radius 3 is 2.29 bits per heavy atom. The summed E-state index contributed by atoms with van der Waals surface area (Å²) >= 11 is 0. The zero-order valence-electron chi connectivity index (χ0n) is 15.2. The first-order valence-electron chi connectivity index (χ1n) is 9.05. The van der Waals surface area contributed by atoms with Crippen LogP contribution < -0.4 is 5.32 Å². The molecular formula is C18H39N3. The van der Waals surface area contributed by atoms with Crippen LogP contribution in [-0.2, 0) is 0 Å². The number of rotatable bonds is 11. The molecule has 0 aromatic rings. The van der Waals surface area contributed by atoms with E-state index in [9.17, 15) is 0 Å². The molecule has 3 nitrogen and oxygen atoms in total. The monoisotopic (exact) mass is 297 g/mol. The first kappa shape index (κ1) is 18.9. The molecule has 0 bridgehead atoms. The third kappa shape index (κ3) is 7.62. The molecule has 0 aliphatic heterocycles. The summed E-state index contributed by atoms with van der Waals surface area (Å²) < 4.78 is 0. The van der Waals surface area contributed by atoms with Gasteiger partial charge in [-0.15, -0.1) is 0 Å². The van der Waals surface area contributed by atoms with Crippen LogP contribution in [0.1, 0.15) is 52.9 Å². The Labute approximate surface area is 133 Å². The van der Waals surface area contributed by atoms with Crippen LogP contribution in [-0.4, -0.2) is 63.2 Å². The second kappa shape index (κ2) is 9.81. The van der Waals surface area contributed by atoms with Gasteiger partial charge in [0.25, 0.3) is 0 Å². The lowest BCUT2D eigenvalue weighted by Gasteiger charge is -2.37. The Hall–Kier alpha value is -0.120. The van der Waals surface area contributed by atoms with E-state index in [1.807, 2.05) is 0 Å². The normalized spacial score (nSPS) is 18.3. The van der Waals surface area contributed by atoms with Crippen molar-refractivity contribution in [1.82, 2.24) is 15.1 Å². The van der Waals surface area contributed by atoms with Crippen LogP contribution >= 0.6 is 0 Å². The van der Waals surface area contributed by atoms with Gasteiger partial charge in [-0.2, -0.15) is 0 Å². The summed E-state index contributed by atoms with van der Waals surface area (Å²) in [5.74, 6) is 0.759. The fourth-order valence-electron chi connectivity index (χ4n) is 3.61. The average molecular weight is 298 g/mol. The molecule has 3 heteroatoms. The van der Waals surface area contributed by atoms with Crippen molar-refractivity contribution in [2.24, 2.45) is 11.3 Å². The van der Waals surface area contributed by atoms with Gasteiger partial charge < -0.3 is 15.1 Å². The molecule has 0 unspecified atom stereocenters. The Bertz CT molecular complexity index is 257. The summed E-state index contributed by atoms with van der Waals surface area (Å²) in [6.45, 7) is 14.3. The van der Waals surface area contributed by atoms with Crippen LogP contribution in [0.25, 0.3) is 0 Å². The second-order valence-electron chi connectivity index (χ2n) is 7.82. The minimum Gasteiger partial charge on any atom is -0.316 e. The van der Waals surface area contributed by atoms with Crippen molar-refractivity contribution in [2.75, 3.05) is 53.4 Å². The van der Waals surface area contributed by atoms with Gasteiger partial charge in [0, 0.05) is 32.7 Å². The van der Waals surface area contributed by atoms with Crippen LogP contribution in [0.2, 0.25) is 0 Å². The molecular weight excluding hydrogens is 258 g/mol. The summed E-state index contributed by atoms with van der Waals surface area (Å²) in [7, 11) is 4.36. The van der Waals surface area contributed by atoms with Crippen molar-refractivity contribution in [3.63, 3.8) is 0 Å². The second-order valence-corrected chi connectivity index (χ2v) is 7.82. The molecule has 1 rings (SSSR count). The third-order valence-electron chi connectivity index (χ3n) is 4.64. The first-order valence-corrected chi connectivity index (χ1v) is 9.05. The lowest BCUT2D eigenvalue weighted by atomic mass is 9.85. The molecule has 1 fully saturated rings. The molecule has 0 spiro atoms. The Balaban J connectivity index is 2.57. The van der Waals surface area contributed by atoms with E-state index in [1.54, 1.807) is 0 Å². The predicted octanol–water partition coefficient (Wildman–Crippen LogP) is 3.07. The van der Waals surface area contributed by atoms with Crippen LogP contribution in [0, 0.1) is 11.3 Å². The topological polar surface area (TPSA) is 18.5 Å². The van der Waals surface area contributed by atoms with E-state index in [0.29, 0.717) is 5.41 Å². The largest absolute Gasteiger partial charge is 0.316 e. The fourth-order valence-corrected chi connectivity index (χ4v) is 3.61. The summed E-state index contributed by atoms with van der Waals surface area (Å²) in [5.41, 5.74) is 0.538. The van der Waals surface area contributed by atoms with Crippen molar-refractivity contribution in [3.05, 3.63) is 0 Å². The molecule has 21 heavy (non-hydrogen) atoms. The zero-order chi connectivity index (χ0) is 15.7. The molecule has 0 aromatic carbocycles. The lowest BCUT2D eigenvalue weighted by molar-refractivity contribution is 0.128. The van der Waals surface area contributed by atoms with Gasteiger partial charge in [0.1, 0.15) is 0 Å². The van der Waals surface area contributed by atoms with Crippen molar-refractivity contribution in [2.45, 2.75) is 52.9 Å². The third-order valence-corrected chi connectivity index (χ3v) is 4.64. The first-order chi connectivity index (χ1) is 9.97. The highest BCUT2D eigenvalue weighted by Crippen LogP contribution is 2.38. The van der Waals surface area contributed by atoms with E-state index in [1.165, 1.54) is 71.4 Å². The number of nitrogens with zero attached hydrogens (tertiary/aromatic N) is 2. The molecule has 1 aliphatic carbocycles. The van der Waals surface area contributed by atoms with E-state index < -0.39 is 0 Å². The highest BCUT2D eigenvalue weighted by atomic mass is 15.2. The molecule has 0 aromatic heterocycles. The molecule has 1 saturated carbocycles. The van der Waals surface area contributed by atoms with Gasteiger partial charge in [-0.25, -0.2) is 0 Å². The summed E-state index contributed by atoms with van der Waals surface area (Å²) in [6.07, 6.45) is 6.93. The SMILES string of the molecule is CCCNCC1(CN(CCN(C)C)CC(C)C)CCCC1. The number of likely N-dealkylation sites (N-methyl/N-ethyl adjacent to an activating group) is 1. The van der Waals surface area contributed by atoms with Crippen LogP contribution in [0.4, 0.5) is 0 Å². The van der Waals surface area contributed by atoms with Crippen LogP contribution in [0.15, 0.2) is 0 Å². The van der Waals surface area contributed by atoms with Crippen molar-refractivity contribution < 1.29 is 0 Å². The van der Waals surface area contributed by atoms with E-state index in [-0.39, 0.29) is 0 Å². The van der Waals surface area contributed by atoms with Gasteiger partial charge in [0.15, 0.2) is 0 Å². The van der Waals surface area contributed by atoms with Gasteiger partial charge in [-0.3, -0.25) is 0 Å². The molecule has 0 radical (unpaired) electrons.